The number of benzene rings is 1. The van der Waals surface area contributed by atoms with Gasteiger partial charge in [0, 0.05) is 6.54 Å². The third-order valence-corrected chi connectivity index (χ3v) is 4.63. The number of aryl methyl sites for hydroxylation is 1. The standard InChI is InChI=1S/C14H16FNO4S/c1-10-9-11(15)4-5-14(10)21(18,19)16-7-6-12(17)13-3-2-8-20-13/h2-5,8-9,12,16-17H,6-7H2,1H3/t12-/m0/s1. The van der Waals surface area contributed by atoms with Gasteiger partial charge in [-0.25, -0.2) is 17.5 Å². The summed E-state index contributed by atoms with van der Waals surface area (Å²) in [5.41, 5.74) is 0.328. The minimum absolute atomic E-state index is 0.0244. The van der Waals surface area contributed by atoms with Crippen LogP contribution in [0.25, 0.3) is 0 Å². The molecule has 21 heavy (non-hydrogen) atoms. The van der Waals surface area contributed by atoms with E-state index in [1.54, 1.807) is 12.1 Å². The van der Waals surface area contributed by atoms with E-state index in [2.05, 4.69) is 4.72 Å². The van der Waals surface area contributed by atoms with Crippen molar-refractivity contribution in [2.45, 2.75) is 24.3 Å². The van der Waals surface area contributed by atoms with Crippen LogP contribution in [0.3, 0.4) is 0 Å². The summed E-state index contributed by atoms with van der Waals surface area (Å²) in [7, 11) is -3.73. The van der Waals surface area contributed by atoms with Gasteiger partial charge < -0.3 is 9.52 Å². The van der Waals surface area contributed by atoms with Crippen LogP contribution in [-0.2, 0) is 10.0 Å². The van der Waals surface area contributed by atoms with Crippen molar-refractivity contribution in [1.82, 2.24) is 4.72 Å². The third kappa shape index (κ3) is 3.90. The Bertz CT molecular complexity index is 698. The fourth-order valence-electron chi connectivity index (χ4n) is 1.95. The largest absolute Gasteiger partial charge is 0.467 e. The molecule has 0 spiro atoms. The number of aliphatic hydroxyl groups excluding tert-OH is 1. The molecule has 0 unspecified atom stereocenters. The van der Waals surface area contributed by atoms with E-state index in [1.165, 1.54) is 19.3 Å². The SMILES string of the molecule is Cc1cc(F)ccc1S(=O)(=O)NCC[C@H](O)c1ccco1. The van der Waals surface area contributed by atoms with Crippen molar-refractivity contribution in [2.24, 2.45) is 0 Å². The van der Waals surface area contributed by atoms with Crippen molar-refractivity contribution in [2.75, 3.05) is 6.54 Å². The van der Waals surface area contributed by atoms with Gasteiger partial charge in [-0.3, -0.25) is 0 Å². The van der Waals surface area contributed by atoms with Crippen molar-refractivity contribution in [1.29, 1.82) is 0 Å². The van der Waals surface area contributed by atoms with Gasteiger partial charge in [-0.1, -0.05) is 0 Å². The molecule has 1 aromatic carbocycles. The van der Waals surface area contributed by atoms with Crippen molar-refractivity contribution >= 4 is 10.0 Å². The molecular formula is C14H16FNO4S. The summed E-state index contributed by atoms with van der Waals surface area (Å²) in [5, 5.41) is 9.79. The molecule has 1 heterocycles. The molecule has 0 saturated carbocycles. The second-order valence-corrected chi connectivity index (χ2v) is 6.36. The molecule has 2 rings (SSSR count). The number of hydrogen-bond acceptors (Lipinski definition) is 4. The lowest BCUT2D eigenvalue weighted by Crippen LogP contribution is -2.26. The van der Waals surface area contributed by atoms with Crippen molar-refractivity contribution in [3.05, 3.63) is 53.7 Å². The fourth-order valence-corrected chi connectivity index (χ4v) is 3.22. The van der Waals surface area contributed by atoms with Gasteiger partial charge in [0.2, 0.25) is 10.0 Å². The molecule has 0 aliphatic heterocycles. The van der Waals surface area contributed by atoms with E-state index in [-0.39, 0.29) is 17.9 Å². The molecule has 0 aliphatic carbocycles. The van der Waals surface area contributed by atoms with Crippen LogP contribution in [0, 0.1) is 12.7 Å². The number of furan rings is 1. The average Bonchev–Trinajstić information content (AvgIpc) is 2.91. The zero-order valence-corrected chi connectivity index (χ0v) is 12.2. The van der Waals surface area contributed by atoms with Crippen LogP contribution in [0.5, 0.6) is 0 Å². The molecule has 2 N–H and O–H groups in total. The molecule has 0 bridgehead atoms. The number of aliphatic hydroxyl groups is 1. The zero-order chi connectivity index (χ0) is 15.5. The Hall–Kier alpha value is -1.70. The lowest BCUT2D eigenvalue weighted by Gasteiger charge is -2.11. The number of halogens is 1. The van der Waals surface area contributed by atoms with Crippen LogP contribution in [0.1, 0.15) is 23.8 Å². The van der Waals surface area contributed by atoms with Crippen LogP contribution in [0.15, 0.2) is 45.9 Å². The van der Waals surface area contributed by atoms with Crippen molar-refractivity contribution < 1.29 is 22.3 Å². The Morgan fingerprint density at radius 1 is 1.38 bits per heavy atom. The minimum Gasteiger partial charge on any atom is -0.467 e. The normalized spacial score (nSPS) is 13.3. The number of nitrogens with one attached hydrogen (secondary N) is 1. The maximum Gasteiger partial charge on any atom is 0.240 e. The van der Waals surface area contributed by atoms with Crippen LogP contribution in [-0.4, -0.2) is 20.1 Å². The summed E-state index contributed by atoms with van der Waals surface area (Å²) in [5.74, 6) is -0.105. The van der Waals surface area contributed by atoms with Gasteiger partial charge in [0.15, 0.2) is 0 Å². The molecule has 114 valence electrons. The fraction of sp³-hybridized carbons (Fsp3) is 0.286. The molecule has 7 heteroatoms. The second kappa shape index (κ2) is 6.38. The third-order valence-electron chi connectivity index (χ3n) is 3.01. The highest BCUT2D eigenvalue weighted by atomic mass is 32.2. The van der Waals surface area contributed by atoms with Crippen LogP contribution in [0.4, 0.5) is 4.39 Å². The summed E-state index contributed by atoms with van der Waals surface area (Å²) < 4.78 is 44.6. The smallest absolute Gasteiger partial charge is 0.240 e. The van der Waals surface area contributed by atoms with Crippen molar-refractivity contribution in [3.63, 3.8) is 0 Å². The lowest BCUT2D eigenvalue weighted by molar-refractivity contribution is 0.142. The van der Waals surface area contributed by atoms with Gasteiger partial charge in [0.05, 0.1) is 11.2 Å². The van der Waals surface area contributed by atoms with E-state index in [1.807, 2.05) is 0 Å². The summed E-state index contributed by atoms with van der Waals surface area (Å²) in [6.07, 6.45) is 0.731. The molecule has 0 saturated heterocycles. The van der Waals surface area contributed by atoms with Gasteiger partial charge in [-0.05, 0) is 49.2 Å². The molecular weight excluding hydrogens is 297 g/mol. The summed E-state index contributed by atoms with van der Waals surface area (Å²) in [4.78, 5) is 0.0244. The molecule has 1 aromatic heterocycles. The summed E-state index contributed by atoms with van der Waals surface area (Å²) in [6, 6.07) is 6.73. The number of rotatable bonds is 6. The number of sulfonamides is 1. The molecule has 0 radical (unpaired) electrons. The molecule has 0 fully saturated rings. The van der Waals surface area contributed by atoms with Crippen molar-refractivity contribution in [3.8, 4) is 0 Å². The first-order valence-corrected chi connectivity index (χ1v) is 7.86. The first kappa shape index (κ1) is 15.7. The summed E-state index contributed by atoms with van der Waals surface area (Å²) in [6.45, 7) is 1.57. The highest BCUT2D eigenvalue weighted by Crippen LogP contribution is 2.18. The zero-order valence-electron chi connectivity index (χ0n) is 11.4. The lowest BCUT2D eigenvalue weighted by atomic mass is 10.2. The van der Waals surface area contributed by atoms with Gasteiger partial charge in [0.25, 0.3) is 0 Å². The van der Waals surface area contributed by atoms with Gasteiger partial charge in [0.1, 0.15) is 17.7 Å². The van der Waals surface area contributed by atoms with E-state index >= 15 is 0 Å². The predicted octanol–water partition coefficient (Wildman–Crippen LogP) is 2.13. The molecule has 2 aromatic rings. The Balaban J connectivity index is 1.98. The minimum atomic E-state index is -3.73. The van der Waals surface area contributed by atoms with E-state index in [0.29, 0.717) is 11.3 Å². The average molecular weight is 313 g/mol. The molecule has 0 amide bonds. The number of hydrogen-bond donors (Lipinski definition) is 2. The Kier molecular flexibility index (Phi) is 4.76. The van der Waals surface area contributed by atoms with Gasteiger partial charge in [-0.2, -0.15) is 0 Å². The first-order valence-electron chi connectivity index (χ1n) is 6.37. The van der Waals surface area contributed by atoms with Crippen LogP contribution < -0.4 is 4.72 Å². The highest BCUT2D eigenvalue weighted by molar-refractivity contribution is 7.89. The Labute approximate surface area is 122 Å². The maximum absolute atomic E-state index is 13.0. The molecule has 5 nitrogen and oxygen atoms in total. The maximum atomic E-state index is 13.0. The quantitative estimate of drug-likeness (QED) is 0.856. The molecule has 1 atom stereocenters. The second-order valence-electron chi connectivity index (χ2n) is 4.63. The van der Waals surface area contributed by atoms with Crippen LogP contribution in [0.2, 0.25) is 0 Å². The first-order chi connectivity index (χ1) is 9.90. The van der Waals surface area contributed by atoms with E-state index in [9.17, 15) is 17.9 Å². The Morgan fingerprint density at radius 2 is 2.14 bits per heavy atom. The van der Waals surface area contributed by atoms with E-state index in [0.717, 1.165) is 12.1 Å². The van der Waals surface area contributed by atoms with Gasteiger partial charge in [-0.15, -0.1) is 0 Å². The van der Waals surface area contributed by atoms with Gasteiger partial charge >= 0.3 is 0 Å². The van der Waals surface area contributed by atoms with Crippen LogP contribution >= 0.6 is 0 Å². The topological polar surface area (TPSA) is 79.5 Å². The predicted molar refractivity (Wildman–Crippen MR) is 74.6 cm³/mol. The van der Waals surface area contributed by atoms with E-state index < -0.39 is 21.9 Å². The van der Waals surface area contributed by atoms with E-state index in [4.69, 9.17) is 4.42 Å². The summed E-state index contributed by atoms with van der Waals surface area (Å²) >= 11 is 0. The highest BCUT2D eigenvalue weighted by Gasteiger charge is 2.18. The Morgan fingerprint density at radius 3 is 2.76 bits per heavy atom. The molecule has 0 aliphatic rings. The monoisotopic (exact) mass is 313 g/mol.